The van der Waals surface area contributed by atoms with E-state index >= 15 is 0 Å². The van der Waals surface area contributed by atoms with Gasteiger partial charge >= 0.3 is 0 Å². The van der Waals surface area contributed by atoms with Gasteiger partial charge in [-0.1, -0.05) is 18.2 Å². The Balaban J connectivity index is 0.00000289. The predicted octanol–water partition coefficient (Wildman–Crippen LogP) is 3.30. The highest BCUT2D eigenvalue weighted by Gasteiger charge is 2.22. The molecule has 2 N–H and O–H groups in total. The van der Waals surface area contributed by atoms with E-state index in [1.54, 1.807) is 6.26 Å². The van der Waals surface area contributed by atoms with Gasteiger partial charge in [0.05, 0.1) is 32.6 Å². The van der Waals surface area contributed by atoms with Crippen molar-refractivity contribution in [1.82, 2.24) is 15.5 Å². The average molecular weight is 554 g/mol. The van der Waals surface area contributed by atoms with Crippen molar-refractivity contribution in [2.75, 3.05) is 52.5 Å². The van der Waals surface area contributed by atoms with Crippen LogP contribution >= 0.6 is 24.0 Å². The zero-order chi connectivity index (χ0) is 21.1. The first-order chi connectivity index (χ1) is 15.4. The Morgan fingerprint density at radius 2 is 1.88 bits per heavy atom. The first kappa shape index (κ1) is 24.9. The van der Waals surface area contributed by atoms with Gasteiger partial charge in [0.1, 0.15) is 11.5 Å². The molecule has 0 amide bonds. The minimum atomic E-state index is 0. The molecule has 1 aromatic heterocycles. The Morgan fingerprint density at radius 1 is 1.06 bits per heavy atom. The third-order valence-corrected chi connectivity index (χ3v) is 5.62. The number of hydrogen-bond acceptors (Lipinski definition) is 5. The van der Waals surface area contributed by atoms with E-state index in [-0.39, 0.29) is 24.0 Å². The van der Waals surface area contributed by atoms with E-state index in [0.29, 0.717) is 6.54 Å². The highest BCUT2D eigenvalue weighted by atomic mass is 127. The van der Waals surface area contributed by atoms with Crippen LogP contribution in [-0.2, 0) is 17.7 Å². The molecular formula is C24H35IN4O3. The molecule has 0 spiro atoms. The second kappa shape index (κ2) is 13.7. The maximum atomic E-state index is 6.04. The van der Waals surface area contributed by atoms with Crippen molar-refractivity contribution in [2.24, 2.45) is 10.9 Å². The molecule has 1 aromatic carbocycles. The molecule has 1 saturated carbocycles. The molecule has 4 rings (SSSR count). The molecule has 7 nitrogen and oxygen atoms in total. The predicted molar refractivity (Wildman–Crippen MR) is 137 cm³/mol. The number of guanidine groups is 1. The molecule has 32 heavy (non-hydrogen) atoms. The molecule has 0 unspecified atom stereocenters. The Labute approximate surface area is 208 Å². The van der Waals surface area contributed by atoms with E-state index in [4.69, 9.17) is 18.9 Å². The molecule has 1 saturated heterocycles. The smallest absolute Gasteiger partial charge is 0.191 e. The molecule has 1 aliphatic heterocycles. The van der Waals surface area contributed by atoms with Crippen molar-refractivity contribution in [3.63, 3.8) is 0 Å². The summed E-state index contributed by atoms with van der Waals surface area (Å²) in [4.78, 5) is 7.25. The number of rotatable bonds is 11. The number of morpholine rings is 1. The second-order valence-electron chi connectivity index (χ2n) is 8.16. The molecule has 2 aromatic rings. The molecular weight excluding hydrogens is 519 g/mol. The van der Waals surface area contributed by atoms with E-state index in [1.165, 1.54) is 12.8 Å². The number of ether oxygens (including phenoxy) is 2. The summed E-state index contributed by atoms with van der Waals surface area (Å²) in [6, 6.07) is 12.1. The zero-order valence-corrected chi connectivity index (χ0v) is 21.0. The fourth-order valence-electron chi connectivity index (χ4n) is 3.52. The highest BCUT2D eigenvalue weighted by molar-refractivity contribution is 14.0. The molecule has 2 heterocycles. The van der Waals surface area contributed by atoms with E-state index in [9.17, 15) is 0 Å². The summed E-state index contributed by atoms with van der Waals surface area (Å²) < 4.78 is 16.9. The lowest BCUT2D eigenvalue weighted by Crippen LogP contribution is -2.44. The van der Waals surface area contributed by atoms with Crippen molar-refractivity contribution in [1.29, 1.82) is 0 Å². The van der Waals surface area contributed by atoms with Crippen LogP contribution in [0.3, 0.4) is 0 Å². The van der Waals surface area contributed by atoms with Crippen LogP contribution in [0.15, 0.2) is 52.1 Å². The van der Waals surface area contributed by atoms with Crippen LogP contribution in [0.5, 0.6) is 5.75 Å². The Morgan fingerprint density at radius 3 is 2.66 bits per heavy atom. The van der Waals surface area contributed by atoms with Gasteiger partial charge in [0.2, 0.25) is 0 Å². The Hall–Kier alpha value is -1.78. The topological polar surface area (TPSA) is 71.3 Å². The monoisotopic (exact) mass is 554 g/mol. The third kappa shape index (κ3) is 8.63. The first-order valence-corrected chi connectivity index (χ1v) is 11.4. The van der Waals surface area contributed by atoms with E-state index in [0.717, 1.165) is 87.9 Å². The van der Waals surface area contributed by atoms with Gasteiger partial charge in [-0.2, -0.15) is 0 Å². The number of hydrogen-bond donors (Lipinski definition) is 2. The van der Waals surface area contributed by atoms with Crippen LogP contribution in [0, 0.1) is 5.92 Å². The molecule has 2 aliphatic rings. The molecule has 0 bridgehead atoms. The summed E-state index contributed by atoms with van der Waals surface area (Å²) in [5.74, 6) is 3.47. The maximum absolute atomic E-state index is 6.04. The fraction of sp³-hybridized carbons (Fsp3) is 0.542. The van der Waals surface area contributed by atoms with Crippen molar-refractivity contribution < 1.29 is 13.9 Å². The van der Waals surface area contributed by atoms with Crippen LogP contribution < -0.4 is 15.4 Å². The van der Waals surface area contributed by atoms with Crippen molar-refractivity contribution in [3.8, 4) is 5.75 Å². The summed E-state index contributed by atoms with van der Waals surface area (Å²) in [6.07, 6.45) is 5.11. The zero-order valence-electron chi connectivity index (χ0n) is 18.6. The SMILES string of the molecule is I.c1coc(CCNC(=NCc2ccccc2OCC2CC2)NCCN2CCOCC2)c1. The summed E-state index contributed by atoms with van der Waals surface area (Å²) in [6.45, 7) is 7.59. The number of nitrogens with zero attached hydrogens (tertiary/aromatic N) is 2. The van der Waals surface area contributed by atoms with Crippen LogP contribution in [-0.4, -0.2) is 63.4 Å². The average Bonchev–Trinajstić information content (AvgIpc) is 3.50. The first-order valence-electron chi connectivity index (χ1n) is 11.4. The van der Waals surface area contributed by atoms with E-state index < -0.39 is 0 Å². The Bertz CT molecular complexity index is 805. The van der Waals surface area contributed by atoms with Gasteiger partial charge in [0, 0.05) is 44.7 Å². The maximum Gasteiger partial charge on any atom is 0.191 e. The lowest BCUT2D eigenvalue weighted by atomic mass is 10.2. The summed E-state index contributed by atoms with van der Waals surface area (Å²) in [5.41, 5.74) is 1.11. The van der Waals surface area contributed by atoms with Crippen LogP contribution in [0.2, 0.25) is 0 Å². The standard InChI is InChI=1S/C24H34N4O3.HI/c1-2-6-23(31-19-20-7-8-20)21(4-1)18-27-24(25-10-9-22-5-3-15-30-22)26-11-12-28-13-16-29-17-14-28;/h1-6,15,20H,7-14,16-19H2,(H2,25,26,27);1H. The lowest BCUT2D eigenvalue weighted by molar-refractivity contribution is 0.0389. The summed E-state index contributed by atoms with van der Waals surface area (Å²) >= 11 is 0. The van der Waals surface area contributed by atoms with Gasteiger partial charge in [-0.25, -0.2) is 4.99 Å². The van der Waals surface area contributed by atoms with Gasteiger partial charge < -0.3 is 24.5 Å². The van der Waals surface area contributed by atoms with Crippen LogP contribution in [0.25, 0.3) is 0 Å². The summed E-state index contributed by atoms with van der Waals surface area (Å²) in [5, 5.41) is 6.92. The minimum Gasteiger partial charge on any atom is -0.493 e. The fourth-order valence-corrected chi connectivity index (χ4v) is 3.52. The van der Waals surface area contributed by atoms with Crippen LogP contribution in [0.1, 0.15) is 24.2 Å². The van der Waals surface area contributed by atoms with Gasteiger partial charge in [0.15, 0.2) is 5.96 Å². The largest absolute Gasteiger partial charge is 0.493 e. The van der Waals surface area contributed by atoms with E-state index in [2.05, 4.69) is 21.6 Å². The molecule has 2 fully saturated rings. The lowest BCUT2D eigenvalue weighted by Gasteiger charge is -2.26. The van der Waals surface area contributed by atoms with Gasteiger partial charge in [-0.15, -0.1) is 24.0 Å². The van der Waals surface area contributed by atoms with Crippen LogP contribution in [0.4, 0.5) is 0 Å². The molecule has 0 radical (unpaired) electrons. The third-order valence-electron chi connectivity index (χ3n) is 5.62. The second-order valence-corrected chi connectivity index (χ2v) is 8.16. The Kier molecular flexibility index (Phi) is 10.6. The molecule has 1 aliphatic carbocycles. The van der Waals surface area contributed by atoms with Gasteiger partial charge in [0.25, 0.3) is 0 Å². The normalized spacial score (nSPS) is 16.9. The number of benzene rings is 1. The van der Waals surface area contributed by atoms with Gasteiger partial charge in [-0.3, -0.25) is 4.90 Å². The highest BCUT2D eigenvalue weighted by Crippen LogP contribution is 2.30. The number of nitrogens with one attached hydrogen (secondary N) is 2. The van der Waals surface area contributed by atoms with Crippen molar-refractivity contribution >= 4 is 29.9 Å². The van der Waals surface area contributed by atoms with E-state index in [1.807, 2.05) is 30.3 Å². The quantitative estimate of drug-likeness (QED) is 0.253. The number of halogens is 1. The van der Waals surface area contributed by atoms with Gasteiger partial charge in [-0.05, 0) is 37.0 Å². The summed E-state index contributed by atoms with van der Waals surface area (Å²) in [7, 11) is 0. The molecule has 8 heteroatoms. The number of furan rings is 1. The van der Waals surface area contributed by atoms with Crippen molar-refractivity contribution in [2.45, 2.75) is 25.8 Å². The number of aliphatic imine (C=N–C) groups is 1. The minimum absolute atomic E-state index is 0. The number of para-hydroxylation sites is 1. The molecule has 176 valence electrons. The molecule has 0 atom stereocenters. The van der Waals surface area contributed by atoms with Crippen molar-refractivity contribution in [3.05, 3.63) is 54.0 Å².